The molecule has 7 nitrogen and oxygen atoms in total. The number of aliphatic hydroxyl groups is 1. The van der Waals surface area contributed by atoms with Crippen LogP contribution in [0.2, 0.25) is 0 Å². The Hall–Kier alpha value is -2.52. The van der Waals surface area contributed by atoms with Crippen molar-refractivity contribution >= 4 is 21.8 Å². The standard InChI is InChI=1S/C19H20FN3O4S/c20-16-4-1-14(2-5-16)11-19(25)7-8-23(13-19)18(24)15-3-6-17-21-28(26,27)10-9-22(17)12-15/h1-6,12,25H,7-11,13H2. The predicted molar refractivity (Wildman–Crippen MR) is 101 cm³/mol. The van der Waals surface area contributed by atoms with E-state index in [-0.39, 0.29) is 30.6 Å². The summed E-state index contributed by atoms with van der Waals surface area (Å²) in [6.45, 7) is 0.845. The second kappa shape index (κ2) is 6.82. The second-order valence-electron chi connectivity index (χ2n) is 7.35. The van der Waals surface area contributed by atoms with Gasteiger partial charge in [0.25, 0.3) is 15.9 Å². The maximum Gasteiger partial charge on any atom is 0.256 e. The molecule has 1 fully saturated rings. The Bertz CT molecular complexity index is 1000. The van der Waals surface area contributed by atoms with Crippen molar-refractivity contribution in [1.82, 2.24) is 9.80 Å². The fourth-order valence-electron chi connectivity index (χ4n) is 3.67. The maximum absolute atomic E-state index is 13.1. The number of halogens is 1. The second-order valence-corrected chi connectivity index (χ2v) is 9.11. The van der Waals surface area contributed by atoms with Gasteiger partial charge < -0.3 is 14.9 Å². The molecule has 0 radical (unpaired) electrons. The highest BCUT2D eigenvalue weighted by atomic mass is 32.2. The molecule has 1 atom stereocenters. The summed E-state index contributed by atoms with van der Waals surface area (Å²) in [5.41, 5.74) is 0.174. The van der Waals surface area contributed by atoms with E-state index < -0.39 is 15.6 Å². The van der Waals surface area contributed by atoms with Crippen molar-refractivity contribution in [1.29, 1.82) is 0 Å². The lowest BCUT2D eigenvalue weighted by atomic mass is 9.94. The van der Waals surface area contributed by atoms with E-state index in [1.807, 2.05) is 0 Å². The van der Waals surface area contributed by atoms with Crippen molar-refractivity contribution in [3.63, 3.8) is 0 Å². The summed E-state index contributed by atoms with van der Waals surface area (Å²) in [5.74, 6) is -0.345. The van der Waals surface area contributed by atoms with E-state index in [0.29, 0.717) is 30.8 Å². The van der Waals surface area contributed by atoms with E-state index in [2.05, 4.69) is 4.40 Å². The summed E-state index contributed by atoms with van der Waals surface area (Å²) < 4.78 is 39.9. The number of carbonyl (C=O) groups excluding carboxylic acids is 1. The maximum atomic E-state index is 13.1. The Labute approximate surface area is 162 Å². The molecular formula is C19H20FN3O4S. The normalized spacial score (nSPS) is 25.9. The summed E-state index contributed by atoms with van der Waals surface area (Å²) in [7, 11) is -3.44. The molecule has 1 N–H and O–H groups in total. The first-order chi connectivity index (χ1) is 13.2. The molecule has 0 aliphatic carbocycles. The van der Waals surface area contributed by atoms with Gasteiger partial charge in [0.15, 0.2) is 0 Å². The molecule has 1 unspecified atom stereocenters. The molecule has 4 rings (SSSR count). The van der Waals surface area contributed by atoms with Crippen molar-refractivity contribution in [2.75, 3.05) is 25.4 Å². The van der Waals surface area contributed by atoms with E-state index in [1.165, 1.54) is 18.2 Å². The minimum atomic E-state index is -3.44. The van der Waals surface area contributed by atoms with Crippen molar-refractivity contribution < 1.29 is 22.7 Å². The highest BCUT2D eigenvalue weighted by Gasteiger charge is 2.39. The van der Waals surface area contributed by atoms with Crippen LogP contribution in [0.3, 0.4) is 0 Å². The average Bonchev–Trinajstić information content (AvgIpc) is 3.04. The van der Waals surface area contributed by atoms with Crippen LogP contribution >= 0.6 is 0 Å². The van der Waals surface area contributed by atoms with Crippen LogP contribution in [-0.4, -0.2) is 66.1 Å². The summed E-state index contributed by atoms with van der Waals surface area (Å²) in [4.78, 5) is 16.1. The summed E-state index contributed by atoms with van der Waals surface area (Å²) in [6, 6.07) is 5.98. The van der Waals surface area contributed by atoms with Crippen molar-refractivity contribution in [2.24, 2.45) is 4.40 Å². The van der Waals surface area contributed by atoms with Gasteiger partial charge in [-0.05, 0) is 36.3 Å². The Morgan fingerprint density at radius 1 is 1.21 bits per heavy atom. The molecule has 1 aromatic rings. The molecule has 148 valence electrons. The van der Waals surface area contributed by atoms with Crippen LogP contribution in [0.25, 0.3) is 0 Å². The molecule has 28 heavy (non-hydrogen) atoms. The molecule has 0 aromatic heterocycles. The Kier molecular flexibility index (Phi) is 4.59. The molecule has 3 aliphatic heterocycles. The van der Waals surface area contributed by atoms with Crippen LogP contribution in [0.15, 0.2) is 52.6 Å². The first-order valence-corrected chi connectivity index (χ1v) is 10.6. The monoisotopic (exact) mass is 405 g/mol. The number of β-amino-alcohol motifs (C(OH)–C–C–N with tert-alkyl or cyclic N) is 1. The number of rotatable bonds is 3. The SMILES string of the molecule is O=C(C1=CN2CCS(=O)(=O)N=C2C=C1)N1CCC(O)(Cc2ccc(F)cc2)C1. The van der Waals surface area contributed by atoms with E-state index in [0.717, 1.165) is 5.56 Å². The van der Waals surface area contributed by atoms with Crippen molar-refractivity contribution in [2.45, 2.75) is 18.4 Å². The lowest BCUT2D eigenvalue weighted by Crippen LogP contribution is -2.40. The topological polar surface area (TPSA) is 90.3 Å². The quantitative estimate of drug-likeness (QED) is 0.805. The van der Waals surface area contributed by atoms with Crippen LogP contribution in [0.1, 0.15) is 12.0 Å². The third kappa shape index (κ3) is 3.85. The van der Waals surface area contributed by atoms with Gasteiger partial charge in [0.1, 0.15) is 11.7 Å². The molecule has 0 bridgehead atoms. The largest absolute Gasteiger partial charge is 0.388 e. The van der Waals surface area contributed by atoms with Crippen LogP contribution in [0.4, 0.5) is 4.39 Å². The number of amides is 1. The fraction of sp³-hybridized carbons (Fsp3) is 0.368. The van der Waals surface area contributed by atoms with Gasteiger partial charge >= 0.3 is 0 Å². The number of benzene rings is 1. The van der Waals surface area contributed by atoms with Gasteiger partial charge in [0, 0.05) is 25.7 Å². The van der Waals surface area contributed by atoms with Gasteiger partial charge in [-0.25, -0.2) is 12.8 Å². The van der Waals surface area contributed by atoms with E-state index in [4.69, 9.17) is 0 Å². The first-order valence-electron chi connectivity index (χ1n) is 8.98. The van der Waals surface area contributed by atoms with Gasteiger partial charge in [0.2, 0.25) is 0 Å². The highest BCUT2D eigenvalue weighted by Crippen LogP contribution is 2.28. The average molecular weight is 405 g/mol. The number of likely N-dealkylation sites (tertiary alicyclic amines) is 1. The molecule has 3 aliphatic rings. The predicted octanol–water partition coefficient (Wildman–Crippen LogP) is 0.829. The Morgan fingerprint density at radius 2 is 1.96 bits per heavy atom. The van der Waals surface area contributed by atoms with Gasteiger partial charge in [-0.3, -0.25) is 4.79 Å². The van der Waals surface area contributed by atoms with Gasteiger partial charge in [-0.1, -0.05) is 12.1 Å². The van der Waals surface area contributed by atoms with Crippen molar-refractivity contribution in [3.05, 3.63) is 59.6 Å². The molecule has 0 saturated carbocycles. The fourth-order valence-corrected chi connectivity index (χ4v) is 4.64. The van der Waals surface area contributed by atoms with Gasteiger partial charge in [0.05, 0.1) is 23.5 Å². The zero-order chi connectivity index (χ0) is 19.9. The third-order valence-electron chi connectivity index (χ3n) is 5.14. The molecular weight excluding hydrogens is 385 g/mol. The number of amidine groups is 1. The van der Waals surface area contributed by atoms with Gasteiger partial charge in [-0.2, -0.15) is 0 Å². The van der Waals surface area contributed by atoms with Crippen LogP contribution in [-0.2, 0) is 21.2 Å². The molecule has 9 heteroatoms. The molecule has 3 heterocycles. The number of carbonyl (C=O) groups is 1. The minimum absolute atomic E-state index is 0.0938. The molecule has 1 saturated heterocycles. The van der Waals surface area contributed by atoms with Crippen LogP contribution in [0.5, 0.6) is 0 Å². The van der Waals surface area contributed by atoms with E-state index in [1.54, 1.807) is 34.2 Å². The smallest absolute Gasteiger partial charge is 0.256 e. The highest BCUT2D eigenvalue weighted by molar-refractivity contribution is 7.90. The van der Waals surface area contributed by atoms with Gasteiger partial charge in [-0.15, -0.1) is 4.40 Å². The Morgan fingerprint density at radius 3 is 2.71 bits per heavy atom. The van der Waals surface area contributed by atoms with E-state index >= 15 is 0 Å². The lowest BCUT2D eigenvalue weighted by Gasteiger charge is -2.28. The number of hydrogen-bond donors (Lipinski definition) is 1. The number of hydrogen-bond acceptors (Lipinski definition) is 5. The van der Waals surface area contributed by atoms with Crippen LogP contribution < -0.4 is 0 Å². The van der Waals surface area contributed by atoms with Crippen molar-refractivity contribution in [3.8, 4) is 0 Å². The zero-order valence-corrected chi connectivity index (χ0v) is 15.9. The first kappa shape index (κ1) is 18.8. The molecule has 0 spiro atoms. The summed E-state index contributed by atoms with van der Waals surface area (Å²) in [6.07, 6.45) is 5.45. The van der Waals surface area contributed by atoms with E-state index in [9.17, 15) is 22.7 Å². The number of sulfonamides is 1. The molecule has 1 aromatic carbocycles. The Balaban J connectivity index is 1.44. The summed E-state index contributed by atoms with van der Waals surface area (Å²) >= 11 is 0. The summed E-state index contributed by atoms with van der Waals surface area (Å²) in [5, 5.41) is 10.9. The minimum Gasteiger partial charge on any atom is -0.388 e. The van der Waals surface area contributed by atoms with Crippen LogP contribution in [0, 0.1) is 5.82 Å². The number of fused-ring (bicyclic) bond motifs is 1. The third-order valence-corrected chi connectivity index (χ3v) is 6.30. The zero-order valence-electron chi connectivity index (χ0n) is 15.1. The lowest BCUT2D eigenvalue weighted by molar-refractivity contribution is -0.126. The number of nitrogens with zero attached hydrogens (tertiary/aromatic N) is 3. The molecule has 1 amide bonds.